The monoisotopic (exact) mass is 299 g/mol. The van der Waals surface area contributed by atoms with Crippen LogP contribution in [-0.2, 0) is 11.3 Å². The molecule has 4 heteroatoms. The van der Waals surface area contributed by atoms with Gasteiger partial charge in [0.1, 0.15) is 17.6 Å². The molecule has 22 heavy (non-hydrogen) atoms. The second-order valence-corrected chi connectivity index (χ2v) is 5.18. The Hall–Kier alpha value is -2.33. The van der Waals surface area contributed by atoms with E-state index < -0.39 is 6.10 Å². The van der Waals surface area contributed by atoms with Crippen molar-refractivity contribution < 1.29 is 14.6 Å². The molecule has 0 aromatic heterocycles. The van der Waals surface area contributed by atoms with Gasteiger partial charge >= 0.3 is 0 Å². The zero-order valence-electron chi connectivity index (χ0n) is 12.9. The molecule has 0 heterocycles. The Bertz CT molecular complexity index is 595. The second-order valence-electron chi connectivity index (χ2n) is 5.18. The SMILES string of the molecule is CC[C@@H](O)C(=O)N(C)Cc1ccc(Oc2ccccc2)cc1. The molecule has 0 aliphatic rings. The van der Waals surface area contributed by atoms with E-state index >= 15 is 0 Å². The standard InChI is InChI=1S/C18H21NO3/c1-3-17(20)18(21)19(2)13-14-9-11-16(12-10-14)22-15-7-5-4-6-8-15/h4-12,17,20H,3,13H2,1-2H3/t17-/m1/s1. The van der Waals surface area contributed by atoms with Crippen LogP contribution < -0.4 is 4.74 Å². The van der Waals surface area contributed by atoms with Crippen LogP contribution in [0, 0.1) is 0 Å². The molecule has 0 saturated carbocycles. The van der Waals surface area contributed by atoms with Crippen molar-refractivity contribution in [2.24, 2.45) is 0 Å². The summed E-state index contributed by atoms with van der Waals surface area (Å²) in [5, 5.41) is 9.57. The third-order valence-corrected chi connectivity index (χ3v) is 3.37. The number of aliphatic hydroxyl groups excluding tert-OH is 1. The molecular formula is C18H21NO3. The number of rotatable bonds is 6. The summed E-state index contributed by atoms with van der Waals surface area (Å²) >= 11 is 0. The normalized spacial score (nSPS) is 11.8. The fraction of sp³-hybridized carbons (Fsp3) is 0.278. The number of benzene rings is 2. The number of hydrogen-bond donors (Lipinski definition) is 1. The van der Waals surface area contributed by atoms with Crippen molar-refractivity contribution in [2.45, 2.75) is 26.0 Å². The van der Waals surface area contributed by atoms with Crippen LogP contribution in [0.5, 0.6) is 11.5 Å². The van der Waals surface area contributed by atoms with Crippen LogP contribution in [0.1, 0.15) is 18.9 Å². The lowest BCUT2D eigenvalue weighted by atomic mass is 10.2. The van der Waals surface area contributed by atoms with Crippen LogP contribution in [0.25, 0.3) is 0 Å². The van der Waals surface area contributed by atoms with Gasteiger partial charge in [-0.05, 0) is 36.2 Å². The molecule has 0 aliphatic carbocycles. The van der Waals surface area contributed by atoms with Gasteiger partial charge in [0.15, 0.2) is 0 Å². The van der Waals surface area contributed by atoms with Crippen molar-refractivity contribution in [1.82, 2.24) is 4.90 Å². The number of aliphatic hydroxyl groups is 1. The summed E-state index contributed by atoms with van der Waals surface area (Å²) in [5.74, 6) is 1.28. The maximum absolute atomic E-state index is 11.8. The number of likely N-dealkylation sites (N-methyl/N-ethyl adjacent to an activating group) is 1. The Morgan fingerprint density at radius 1 is 1.09 bits per heavy atom. The van der Waals surface area contributed by atoms with Crippen LogP contribution in [0.3, 0.4) is 0 Å². The molecule has 2 aromatic rings. The van der Waals surface area contributed by atoms with E-state index in [0.717, 1.165) is 17.1 Å². The minimum absolute atomic E-state index is 0.257. The maximum Gasteiger partial charge on any atom is 0.251 e. The van der Waals surface area contributed by atoms with E-state index in [1.807, 2.05) is 54.6 Å². The molecule has 1 atom stereocenters. The molecule has 4 nitrogen and oxygen atoms in total. The molecular weight excluding hydrogens is 278 g/mol. The smallest absolute Gasteiger partial charge is 0.251 e. The fourth-order valence-electron chi connectivity index (χ4n) is 2.07. The zero-order chi connectivity index (χ0) is 15.9. The predicted molar refractivity (Wildman–Crippen MR) is 85.7 cm³/mol. The lowest BCUT2D eigenvalue weighted by molar-refractivity contribution is -0.139. The van der Waals surface area contributed by atoms with Crippen LogP contribution in [0.2, 0.25) is 0 Å². The Balaban J connectivity index is 1.96. The highest BCUT2D eigenvalue weighted by atomic mass is 16.5. The quantitative estimate of drug-likeness (QED) is 0.891. The summed E-state index contributed by atoms with van der Waals surface area (Å²) in [7, 11) is 1.69. The summed E-state index contributed by atoms with van der Waals surface area (Å²) in [6.45, 7) is 2.24. The van der Waals surface area contributed by atoms with Crippen molar-refractivity contribution in [3.63, 3.8) is 0 Å². The molecule has 116 valence electrons. The minimum atomic E-state index is -0.925. The highest BCUT2D eigenvalue weighted by Crippen LogP contribution is 2.21. The molecule has 0 radical (unpaired) electrons. The average molecular weight is 299 g/mol. The first-order valence-corrected chi connectivity index (χ1v) is 7.35. The summed E-state index contributed by atoms with van der Waals surface area (Å²) in [4.78, 5) is 13.4. The van der Waals surface area contributed by atoms with Gasteiger partial charge in [-0.2, -0.15) is 0 Å². The topological polar surface area (TPSA) is 49.8 Å². The molecule has 0 saturated heterocycles. The molecule has 1 amide bonds. The largest absolute Gasteiger partial charge is 0.457 e. The summed E-state index contributed by atoms with van der Waals surface area (Å²) < 4.78 is 5.72. The number of carbonyl (C=O) groups excluding carboxylic acids is 1. The van der Waals surface area contributed by atoms with Crippen LogP contribution in [0.4, 0.5) is 0 Å². The second kappa shape index (κ2) is 7.61. The molecule has 0 unspecified atom stereocenters. The maximum atomic E-state index is 11.8. The van der Waals surface area contributed by atoms with E-state index in [2.05, 4.69) is 0 Å². The molecule has 2 aromatic carbocycles. The lowest BCUT2D eigenvalue weighted by Crippen LogP contribution is -2.35. The van der Waals surface area contributed by atoms with E-state index in [9.17, 15) is 9.90 Å². The van der Waals surface area contributed by atoms with E-state index in [-0.39, 0.29) is 5.91 Å². The first-order chi connectivity index (χ1) is 10.6. The van der Waals surface area contributed by atoms with Gasteiger partial charge in [-0.1, -0.05) is 37.3 Å². The predicted octanol–water partition coefficient (Wildman–Crippen LogP) is 3.21. The minimum Gasteiger partial charge on any atom is -0.457 e. The van der Waals surface area contributed by atoms with Gasteiger partial charge in [0, 0.05) is 13.6 Å². The number of ether oxygens (including phenoxy) is 1. The van der Waals surface area contributed by atoms with E-state index in [0.29, 0.717) is 13.0 Å². The number of amides is 1. The third-order valence-electron chi connectivity index (χ3n) is 3.37. The van der Waals surface area contributed by atoms with Crippen molar-refractivity contribution in [3.8, 4) is 11.5 Å². The highest BCUT2D eigenvalue weighted by molar-refractivity contribution is 5.80. The number of nitrogens with zero attached hydrogens (tertiary/aromatic N) is 1. The van der Waals surface area contributed by atoms with Crippen molar-refractivity contribution >= 4 is 5.91 Å². The van der Waals surface area contributed by atoms with Gasteiger partial charge < -0.3 is 14.7 Å². The van der Waals surface area contributed by atoms with Crippen LogP contribution in [-0.4, -0.2) is 29.1 Å². The van der Waals surface area contributed by atoms with Crippen molar-refractivity contribution in [2.75, 3.05) is 7.05 Å². The van der Waals surface area contributed by atoms with Gasteiger partial charge in [-0.25, -0.2) is 0 Å². The first-order valence-electron chi connectivity index (χ1n) is 7.35. The molecule has 0 aliphatic heterocycles. The summed E-state index contributed by atoms with van der Waals surface area (Å²) in [6, 6.07) is 17.1. The molecule has 0 bridgehead atoms. The zero-order valence-corrected chi connectivity index (χ0v) is 12.9. The van der Waals surface area contributed by atoms with Gasteiger partial charge in [-0.15, -0.1) is 0 Å². The Labute approximate surface area is 131 Å². The van der Waals surface area contributed by atoms with Crippen LogP contribution in [0.15, 0.2) is 54.6 Å². The van der Waals surface area contributed by atoms with E-state index in [1.165, 1.54) is 4.90 Å². The summed E-state index contributed by atoms with van der Waals surface area (Å²) in [6.07, 6.45) is -0.502. The fourth-order valence-corrected chi connectivity index (χ4v) is 2.07. The van der Waals surface area contributed by atoms with Gasteiger partial charge in [0.05, 0.1) is 0 Å². The molecule has 0 spiro atoms. The van der Waals surface area contributed by atoms with E-state index in [1.54, 1.807) is 14.0 Å². The van der Waals surface area contributed by atoms with Gasteiger partial charge in [-0.3, -0.25) is 4.79 Å². The molecule has 0 fully saturated rings. The average Bonchev–Trinajstić information content (AvgIpc) is 2.56. The Kier molecular flexibility index (Phi) is 5.55. The number of carbonyl (C=O) groups is 1. The number of para-hydroxylation sites is 1. The van der Waals surface area contributed by atoms with Gasteiger partial charge in [0.2, 0.25) is 0 Å². The third kappa shape index (κ3) is 4.33. The lowest BCUT2D eigenvalue weighted by Gasteiger charge is -2.20. The van der Waals surface area contributed by atoms with Crippen LogP contribution >= 0.6 is 0 Å². The Morgan fingerprint density at radius 3 is 2.27 bits per heavy atom. The van der Waals surface area contributed by atoms with E-state index in [4.69, 9.17) is 4.74 Å². The number of hydrogen-bond acceptors (Lipinski definition) is 3. The summed E-state index contributed by atoms with van der Waals surface area (Å²) in [5.41, 5.74) is 0.986. The Morgan fingerprint density at radius 2 is 1.68 bits per heavy atom. The highest BCUT2D eigenvalue weighted by Gasteiger charge is 2.17. The van der Waals surface area contributed by atoms with Crippen molar-refractivity contribution in [1.29, 1.82) is 0 Å². The van der Waals surface area contributed by atoms with Crippen molar-refractivity contribution in [3.05, 3.63) is 60.2 Å². The first kappa shape index (κ1) is 16.0. The molecule has 2 rings (SSSR count). The van der Waals surface area contributed by atoms with Gasteiger partial charge in [0.25, 0.3) is 5.91 Å². The molecule has 1 N–H and O–H groups in total.